The average molecular weight is 449 g/mol. The number of nitrogens with one attached hydrogen (secondary N) is 1. The summed E-state index contributed by atoms with van der Waals surface area (Å²) in [5, 5.41) is 3.60. The van der Waals surface area contributed by atoms with Crippen LogP contribution in [-0.4, -0.2) is 39.9 Å². The summed E-state index contributed by atoms with van der Waals surface area (Å²) in [5.41, 5.74) is 3.12. The summed E-state index contributed by atoms with van der Waals surface area (Å²) < 4.78 is 9.38. The largest absolute Gasteiger partial charge is 0.385 e. The van der Waals surface area contributed by atoms with Crippen LogP contribution in [0.4, 0.5) is 0 Å². The zero-order chi connectivity index (χ0) is 23.7. The quantitative estimate of drug-likeness (QED) is 0.440. The summed E-state index contributed by atoms with van der Waals surface area (Å²) in [6.07, 6.45) is 0.669. The van der Waals surface area contributed by atoms with E-state index in [1.807, 2.05) is 45.2 Å². The van der Waals surface area contributed by atoms with Crippen molar-refractivity contribution in [2.45, 2.75) is 26.8 Å². The van der Waals surface area contributed by atoms with Crippen LogP contribution in [0.3, 0.4) is 0 Å². The van der Waals surface area contributed by atoms with Crippen LogP contribution >= 0.6 is 0 Å². The van der Waals surface area contributed by atoms with Crippen LogP contribution < -0.4 is 16.6 Å². The fourth-order valence-corrected chi connectivity index (χ4v) is 4.25. The Labute approximate surface area is 191 Å². The van der Waals surface area contributed by atoms with E-state index in [0.29, 0.717) is 36.3 Å². The summed E-state index contributed by atoms with van der Waals surface area (Å²) in [6, 6.07) is 13.1. The predicted octanol–water partition coefficient (Wildman–Crippen LogP) is 2.41. The number of aromatic nitrogens is 3. The lowest BCUT2D eigenvalue weighted by Gasteiger charge is -2.14. The number of rotatable bonds is 7. The van der Waals surface area contributed by atoms with Gasteiger partial charge in [0.2, 0.25) is 5.91 Å². The third kappa shape index (κ3) is 4.09. The minimum atomic E-state index is -0.542. The Morgan fingerprint density at radius 3 is 2.52 bits per heavy atom. The van der Waals surface area contributed by atoms with Crippen LogP contribution in [0.25, 0.3) is 27.6 Å². The van der Waals surface area contributed by atoms with E-state index < -0.39 is 11.2 Å². The van der Waals surface area contributed by atoms with Gasteiger partial charge in [-0.05, 0) is 50.1 Å². The molecule has 2 aromatic carbocycles. The van der Waals surface area contributed by atoms with Gasteiger partial charge in [-0.15, -0.1) is 0 Å². The van der Waals surface area contributed by atoms with E-state index in [1.165, 1.54) is 4.57 Å². The van der Waals surface area contributed by atoms with Crippen molar-refractivity contribution in [3.8, 4) is 5.69 Å². The number of fused-ring (bicyclic) bond motifs is 3. The van der Waals surface area contributed by atoms with Crippen molar-refractivity contribution in [1.82, 2.24) is 19.0 Å². The van der Waals surface area contributed by atoms with E-state index in [4.69, 9.17) is 4.74 Å². The first kappa shape index (κ1) is 22.5. The van der Waals surface area contributed by atoms with Gasteiger partial charge < -0.3 is 14.6 Å². The number of amides is 1. The molecule has 0 aliphatic carbocycles. The van der Waals surface area contributed by atoms with Crippen molar-refractivity contribution in [2.75, 3.05) is 20.3 Å². The molecule has 4 aromatic rings. The molecule has 0 spiro atoms. The summed E-state index contributed by atoms with van der Waals surface area (Å²) in [5.74, 6) is -0.298. The van der Waals surface area contributed by atoms with Gasteiger partial charge >= 0.3 is 5.69 Å². The smallest absolute Gasteiger partial charge is 0.336 e. The van der Waals surface area contributed by atoms with Crippen LogP contribution in [0.1, 0.15) is 17.5 Å². The lowest BCUT2D eigenvalue weighted by atomic mass is 10.1. The van der Waals surface area contributed by atoms with E-state index in [2.05, 4.69) is 5.32 Å². The van der Waals surface area contributed by atoms with E-state index in [9.17, 15) is 14.4 Å². The van der Waals surface area contributed by atoms with Crippen LogP contribution in [0.15, 0.2) is 52.1 Å². The fraction of sp³-hybridized carbons (Fsp3) is 0.320. The molecule has 2 heterocycles. The second kappa shape index (κ2) is 9.07. The van der Waals surface area contributed by atoms with Crippen molar-refractivity contribution >= 4 is 27.8 Å². The van der Waals surface area contributed by atoms with E-state index in [0.717, 1.165) is 26.6 Å². The van der Waals surface area contributed by atoms with E-state index in [-0.39, 0.29) is 12.5 Å². The van der Waals surface area contributed by atoms with E-state index >= 15 is 0 Å². The highest BCUT2D eigenvalue weighted by Crippen LogP contribution is 2.26. The Bertz CT molecular complexity index is 1480. The number of hydrogen-bond donors (Lipinski definition) is 1. The molecule has 0 bridgehead atoms. The molecular weight excluding hydrogens is 420 g/mol. The Morgan fingerprint density at radius 1 is 1.03 bits per heavy atom. The zero-order valence-electron chi connectivity index (χ0n) is 19.3. The predicted molar refractivity (Wildman–Crippen MR) is 129 cm³/mol. The molecule has 0 fully saturated rings. The van der Waals surface area contributed by atoms with Gasteiger partial charge in [-0.1, -0.05) is 23.8 Å². The molecule has 172 valence electrons. The van der Waals surface area contributed by atoms with Crippen LogP contribution in [-0.2, 0) is 23.1 Å². The maximum atomic E-state index is 13.7. The maximum absolute atomic E-state index is 13.7. The first-order valence-corrected chi connectivity index (χ1v) is 10.9. The van der Waals surface area contributed by atoms with Gasteiger partial charge in [-0.2, -0.15) is 0 Å². The van der Waals surface area contributed by atoms with Crippen molar-refractivity contribution in [3.05, 3.63) is 74.4 Å². The molecular formula is C25H28N4O4. The SMILES string of the molecule is COCCCNC(=O)Cn1c(=O)n(-c2cccc(C)c2)c(=O)c2c1c1cc(C)ccc1n2C. The van der Waals surface area contributed by atoms with Gasteiger partial charge in [-0.3, -0.25) is 14.2 Å². The first-order chi connectivity index (χ1) is 15.8. The van der Waals surface area contributed by atoms with Crippen molar-refractivity contribution in [3.63, 3.8) is 0 Å². The highest BCUT2D eigenvalue weighted by atomic mass is 16.5. The molecule has 8 nitrogen and oxygen atoms in total. The van der Waals surface area contributed by atoms with Gasteiger partial charge in [0.15, 0.2) is 0 Å². The van der Waals surface area contributed by atoms with Crippen LogP contribution in [0.5, 0.6) is 0 Å². The van der Waals surface area contributed by atoms with Crippen LogP contribution in [0, 0.1) is 13.8 Å². The Morgan fingerprint density at radius 2 is 1.79 bits per heavy atom. The average Bonchev–Trinajstić information content (AvgIpc) is 3.06. The van der Waals surface area contributed by atoms with Gasteiger partial charge in [0, 0.05) is 32.7 Å². The number of hydrogen-bond acceptors (Lipinski definition) is 4. The Hall–Kier alpha value is -3.65. The van der Waals surface area contributed by atoms with Crippen molar-refractivity contribution in [2.24, 2.45) is 7.05 Å². The van der Waals surface area contributed by atoms with Crippen molar-refractivity contribution in [1.29, 1.82) is 0 Å². The third-order valence-electron chi connectivity index (χ3n) is 5.84. The second-order valence-corrected chi connectivity index (χ2v) is 8.32. The summed E-state index contributed by atoms with van der Waals surface area (Å²) in [4.78, 5) is 40.1. The molecule has 0 aliphatic heterocycles. The monoisotopic (exact) mass is 448 g/mol. The van der Waals surface area contributed by atoms with Gasteiger partial charge in [0.05, 0.1) is 16.7 Å². The number of nitrogens with zero attached hydrogens (tertiary/aromatic N) is 3. The first-order valence-electron chi connectivity index (χ1n) is 10.9. The molecule has 2 aromatic heterocycles. The molecule has 0 unspecified atom stereocenters. The molecule has 8 heteroatoms. The Kier molecular flexibility index (Phi) is 6.20. The number of benzene rings is 2. The lowest BCUT2D eigenvalue weighted by molar-refractivity contribution is -0.121. The molecule has 0 saturated heterocycles. The molecule has 0 atom stereocenters. The summed E-state index contributed by atoms with van der Waals surface area (Å²) in [6.45, 7) is 4.64. The number of carbonyl (C=O) groups excluding carboxylic acids is 1. The highest BCUT2D eigenvalue weighted by molar-refractivity contribution is 6.06. The summed E-state index contributed by atoms with van der Waals surface area (Å²) in [7, 11) is 3.41. The standard InChI is InChI=1S/C25H28N4O4/c1-16-7-5-8-18(13-16)29-24(31)23-22(19-14-17(2)9-10-20(19)27(23)3)28(25(29)32)15-21(30)26-11-6-12-33-4/h5,7-10,13-14H,6,11-12,15H2,1-4H3,(H,26,30). The topological polar surface area (TPSA) is 87.3 Å². The van der Waals surface area contributed by atoms with Gasteiger partial charge in [0.25, 0.3) is 5.56 Å². The number of aryl methyl sites for hydroxylation is 3. The zero-order valence-corrected chi connectivity index (χ0v) is 19.3. The highest BCUT2D eigenvalue weighted by Gasteiger charge is 2.22. The third-order valence-corrected chi connectivity index (χ3v) is 5.84. The van der Waals surface area contributed by atoms with Gasteiger partial charge in [0.1, 0.15) is 12.1 Å². The molecule has 0 radical (unpaired) electrons. The van der Waals surface area contributed by atoms with Crippen molar-refractivity contribution < 1.29 is 9.53 Å². The minimum Gasteiger partial charge on any atom is -0.385 e. The molecule has 33 heavy (non-hydrogen) atoms. The normalized spacial score (nSPS) is 11.4. The van der Waals surface area contributed by atoms with Crippen LogP contribution in [0.2, 0.25) is 0 Å². The Balaban J connectivity index is 1.99. The molecule has 0 aliphatic rings. The molecule has 1 N–H and O–H groups in total. The summed E-state index contributed by atoms with van der Waals surface area (Å²) >= 11 is 0. The molecule has 4 rings (SSSR count). The van der Waals surface area contributed by atoms with E-state index in [1.54, 1.807) is 29.9 Å². The number of methoxy groups -OCH3 is 1. The maximum Gasteiger partial charge on any atom is 0.336 e. The molecule has 1 amide bonds. The molecule has 0 saturated carbocycles. The number of ether oxygens (including phenoxy) is 1. The fourth-order valence-electron chi connectivity index (χ4n) is 4.25. The second-order valence-electron chi connectivity index (χ2n) is 8.32. The van der Waals surface area contributed by atoms with Gasteiger partial charge in [-0.25, -0.2) is 9.36 Å². The number of carbonyl (C=O) groups is 1. The minimum absolute atomic E-state index is 0.193. The lowest BCUT2D eigenvalue weighted by Crippen LogP contribution is -2.42.